The maximum absolute atomic E-state index is 13.2. The van der Waals surface area contributed by atoms with Crippen molar-refractivity contribution < 1.29 is 31.0 Å². The topological polar surface area (TPSA) is 128 Å². The monoisotopic (exact) mass is 505 g/mol. The molecule has 0 spiro atoms. The van der Waals surface area contributed by atoms with E-state index in [9.17, 15) is 16.8 Å². The lowest BCUT2D eigenvalue weighted by Crippen LogP contribution is -2.41. The summed E-state index contributed by atoms with van der Waals surface area (Å²) >= 11 is 0.654. The molecule has 0 aliphatic carbocycles. The molecule has 0 bridgehead atoms. The van der Waals surface area contributed by atoms with E-state index in [-0.39, 0.29) is 34.0 Å². The summed E-state index contributed by atoms with van der Waals surface area (Å²) in [6.45, 7) is 2.71. The molecule has 174 valence electrons. The number of thiophene rings is 1. The van der Waals surface area contributed by atoms with Crippen LogP contribution in [0.25, 0.3) is 6.08 Å². The van der Waals surface area contributed by atoms with Crippen LogP contribution < -0.4 is 5.14 Å². The minimum Gasteiger partial charge on any atom is -0.383 e. The Bertz CT molecular complexity index is 924. The molecule has 0 atom stereocenters. The highest BCUT2D eigenvalue weighted by Gasteiger charge is 2.36. The van der Waals surface area contributed by atoms with Gasteiger partial charge in [-0.05, 0) is 12.1 Å². The second-order valence-corrected chi connectivity index (χ2v) is 11.2. The summed E-state index contributed by atoms with van der Waals surface area (Å²) in [4.78, 5) is 2.01. The Hall–Kier alpha value is -0.770. The van der Waals surface area contributed by atoms with E-state index in [2.05, 4.69) is 0 Å². The van der Waals surface area contributed by atoms with Crippen LogP contribution in [-0.4, -0.2) is 93.4 Å². The molecular formula is C16H28ClN3O7S3. The second kappa shape index (κ2) is 11.7. The van der Waals surface area contributed by atoms with Crippen molar-refractivity contribution in [3.8, 4) is 0 Å². The molecule has 2 heterocycles. The molecule has 0 aromatic carbocycles. The first-order valence-corrected chi connectivity index (χ1v) is 12.5. The predicted octanol–water partition coefficient (Wildman–Crippen LogP) is 0.404. The van der Waals surface area contributed by atoms with Crippen LogP contribution in [0, 0.1) is 0 Å². The summed E-state index contributed by atoms with van der Waals surface area (Å²) < 4.78 is 66.2. The lowest BCUT2D eigenvalue weighted by Gasteiger charge is -2.33. The first kappa shape index (κ1) is 27.3. The fourth-order valence-corrected chi connectivity index (χ4v) is 6.90. The number of sulfonamides is 2. The van der Waals surface area contributed by atoms with E-state index in [4.69, 9.17) is 19.3 Å². The molecule has 1 aliphatic heterocycles. The van der Waals surface area contributed by atoms with Crippen LogP contribution in [0.1, 0.15) is 5.56 Å². The number of fused-ring (bicyclic) bond motifs is 1. The molecule has 2 N–H and O–H groups in total. The maximum Gasteiger partial charge on any atom is 0.274 e. The van der Waals surface area contributed by atoms with E-state index in [1.165, 1.54) is 17.5 Å². The lowest BCUT2D eigenvalue weighted by molar-refractivity contribution is 0.116. The fraction of sp³-hybridized carbons (Fsp3) is 0.625. The number of nitrogens with zero attached hydrogens (tertiary/aromatic N) is 2. The molecule has 1 aromatic rings. The van der Waals surface area contributed by atoms with Crippen LogP contribution in [0.3, 0.4) is 0 Å². The van der Waals surface area contributed by atoms with Gasteiger partial charge in [0, 0.05) is 52.2 Å². The molecule has 14 heteroatoms. The third kappa shape index (κ3) is 6.61. The molecule has 2 rings (SSSR count). The van der Waals surface area contributed by atoms with Crippen molar-refractivity contribution in [3.05, 3.63) is 17.3 Å². The van der Waals surface area contributed by atoms with E-state index < -0.39 is 20.0 Å². The summed E-state index contributed by atoms with van der Waals surface area (Å²) in [7, 11) is -3.27. The van der Waals surface area contributed by atoms with Crippen molar-refractivity contribution in [2.45, 2.75) is 8.42 Å². The zero-order valence-corrected chi connectivity index (χ0v) is 20.3. The number of rotatable bonds is 12. The highest BCUT2D eigenvalue weighted by molar-refractivity contribution is 7.94. The van der Waals surface area contributed by atoms with Gasteiger partial charge in [-0.2, -0.15) is 0 Å². The number of primary sulfonamides is 1. The average Bonchev–Trinajstić information content (AvgIpc) is 3.09. The van der Waals surface area contributed by atoms with Gasteiger partial charge in [-0.1, -0.05) is 0 Å². The number of hydrogen-bond acceptors (Lipinski definition) is 9. The molecule has 0 radical (unpaired) electrons. The van der Waals surface area contributed by atoms with E-state index in [0.29, 0.717) is 55.4 Å². The van der Waals surface area contributed by atoms with Crippen LogP contribution in [0.4, 0.5) is 0 Å². The van der Waals surface area contributed by atoms with Crippen molar-refractivity contribution in [2.75, 3.05) is 67.3 Å². The van der Waals surface area contributed by atoms with Crippen LogP contribution >= 0.6 is 23.7 Å². The summed E-state index contributed by atoms with van der Waals surface area (Å²) in [5, 5.41) is 5.19. The van der Waals surface area contributed by atoms with E-state index in [0.717, 1.165) is 0 Å². The van der Waals surface area contributed by atoms with E-state index >= 15 is 0 Å². The average molecular weight is 506 g/mol. The Morgan fingerprint density at radius 2 is 1.67 bits per heavy atom. The molecule has 10 nitrogen and oxygen atoms in total. The summed E-state index contributed by atoms with van der Waals surface area (Å²) in [5.74, 6) is 0. The van der Waals surface area contributed by atoms with Gasteiger partial charge in [0.2, 0.25) is 10.0 Å². The van der Waals surface area contributed by atoms with Gasteiger partial charge < -0.3 is 14.2 Å². The first-order valence-electron chi connectivity index (χ1n) is 8.74. The molecule has 30 heavy (non-hydrogen) atoms. The van der Waals surface area contributed by atoms with Gasteiger partial charge in [-0.15, -0.1) is 23.7 Å². The number of hydrogen-bond donors (Lipinski definition) is 1. The zero-order chi connectivity index (χ0) is 21.7. The summed E-state index contributed by atoms with van der Waals surface area (Å²) in [6.07, 6.45) is 1.68. The number of halogens is 1. The van der Waals surface area contributed by atoms with Gasteiger partial charge in [-0.3, -0.25) is 9.21 Å². The molecule has 1 aliphatic rings. The summed E-state index contributed by atoms with van der Waals surface area (Å²) in [5.41, 5.74) is 0.835. The molecule has 1 aromatic heterocycles. The maximum atomic E-state index is 13.2. The van der Waals surface area contributed by atoms with Crippen LogP contribution in [0.5, 0.6) is 0 Å². The Morgan fingerprint density at radius 1 is 1.10 bits per heavy atom. The standard InChI is InChI=1S/C16H27N3O7S3.ClH/c1-24-7-4-18(5-8-25-2)12-14-10-13-11-15(28(17,20)21)27-16(13)29(22,23)19(14)6-9-26-3;/h10-11H,4-9,12H2,1-3H3,(H2,17,20,21);1H. The van der Waals surface area contributed by atoms with Crippen LogP contribution in [-0.2, 0) is 34.3 Å². The molecule has 0 saturated heterocycles. The smallest absolute Gasteiger partial charge is 0.274 e. The van der Waals surface area contributed by atoms with E-state index in [1.54, 1.807) is 20.3 Å². The minimum absolute atomic E-state index is 0. The van der Waals surface area contributed by atoms with Gasteiger partial charge in [0.15, 0.2) is 0 Å². The quantitative estimate of drug-likeness (QED) is 0.432. The van der Waals surface area contributed by atoms with Crippen molar-refractivity contribution in [2.24, 2.45) is 5.14 Å². The van der Waals surface area contributed by atoms with Gasteiger partial charge in [0.25, 0.3) is 10.0 Å². The highest BCUT2D eigenvalue weighted by Crippen LogP contribution is 2.38. The van der Waals surface area contributed by atoms with Gasteiger partial charge >= 0.3 is 0 Å². The van der Waals surface area contributed by atoms with Crippen molar-refractivity contribution >= 4 is 49.9 Å². The van der Waals surface area contributed by atoms with Crippen molar-refractivity contribution in [3.63, 3.8) is 0 Å². The Morgan fingerprint density at radius 3 is 2.17 bits per heavy atom. The van der Waals surface area contributed by atoms with Gasteiger partial charge in [0.1, 0.15) is 8.42 Å². The molecular weight excluding hydrogens is 478 g/mol. The second-order valence-electron chi connectivity index (χ2n) is 6.32. The largest absolute Gasteiger partial charge is 0.383 e. The Kier molecular flexibility index (Phi) is 10.7. The van der Waals surface area contributed by atoms with Crippen molar-refractivity contribution in [1.82, 2.24) is 9.21 Å². The SMILES string of the molecule is COCCN(CCOC)CC1=Cc2cc(S(N)(=O)=O)sc2S(=O)(=O)N1CCOC.Cl. The molecule has 0 fully saturated rings. The first-order chi connectivity index (χ1) is 13.6. The lowest BCUT2D eigenvalue weighted by atomic mass is 10.2. The molecule has 0 saturated carbocycles. The third-order valence-corrected chi connectivity index (χ3v) is 9.21. The van der Waals surface area contributed by atoms with Gasteiger partial charge in [-0.25, -0.2) is 22.0 Å². The molecule has 0 amide bonds. The zero-order valence-electron chi connectivity index (χ0n) is 17.1. The van der Waals surface area contributed by atoms with Crippen LogP contribution in [0.2, 0.25) is 0 Å². The predicted molar refractivity (Wildman–Crippen MR) is 117 cm³/mol. The van der Waals surface area contributed by atoms with Gasteiger partial charge in [0.05, 0.1) is 26.4 Å². The Balaban J connectivity index is 0.00000450. The minimum atomic E-state index is -4.01. The number of methoxy groups -OCH3 is 3. The number of nitrogens with two attached hydrogens (primary N) is 1. The summed E-state index contributed by atoms with van der Waals surface area (Å²) in [6, 6.07) is 1.30. The number of ether oxygens (including phenoxy) is 3. The normalized spacial score (nSPS) is 15.6. The highest BCUT2D eigenvalue weighted by atomic mass is 35.5. The van der Waals surface area contributed by atoms with Crippen molar-refractivity contribution in [1.29, 1.82) is 0 Å². The van der Waals surface area contributed by atoms with Crippen LogP contribution in [0.15, 0.2) is 20.2 Å². The molecule has 0 unspecified atom stereocenters. The third-order valence-electron chi connectivity index (χ3n) is 4.26. The van der Waals surface area contributed by atoms with E-state index in [1.807, 2.05) is 4.90 Å². The Labute approximate surface area is 188 Å². The fourth-order valence-electron chi connectivity index (χ4n) is 2.82.